The number of carbonyl (C=O) groups is 1. The molecule has 0 unspecified atom stereocenters. The van der Waals surface area contributed by atoms with Gasteiger partial charge in [0.2, 0.25) is 0 Å². The van der Waals surface area contributed by atoms with Crippen molar-refractivity contribution in [1.82, 2.24) is 10.2 Å². The van der Waals surface area contributed by atoms with E-state index in [1.165, 1.54) is 0 Å². The summed E-state index contributed by atoms with van der Waals surface area (Å²) in [6.07, 6.45) is 0.656. The Morgan fingerprint density at radius 2 is 1.81 bits per heavy atom. The molecule has 0 aromatic heterocycles. The van der Waals surface area contributed by atoms with Gasteiger partial charge < -0.3 is 15.0 Å². The first-order chi connectivity index (χ1) is 7.55. The first kappa shape index (κ1) is 15.2. The van der Waals surface area contributed by atoms with Gasteiger partial charge in [0.15, 0.2) is 0 Å². The van der Waals surface area contributed by atoms with E-state index in [-0.39, 0.29) is 11.7 Å². The number of amides is 1. The number of piperazine rings is 1. The quantitative estimate of drug-likeness (QED) is 0.791. The second kappa shape index (κ2) is 7.49. The molecule has 1 rings (SSSR count). The van der Waals surface area contributed by atoms with Gasteiger partial charge in [-0.25, -0.2) is 4.79 Å². The number of ether oxygens (including phenoxy) is 1. The molecule has 0 bridgehead atoms. The van der Waals surface area contributed by atoms with Crippen molar-refractivity contribution in [2.45, 2.75) is 46.6 Å². The normalized spacial score (nSPS) is 16.2. The van der Waals surface area contributed by atoms with Gasteiger partial charge in [0, 0.05) is 26.2 Å². The molecule has 4 heteroatoms. The Hall–Kier alpha value is -0.770. The number of hydrogen-bond acceptors (Lipinski definition) is 3. The summed E-state index contributed by atoms with van der Waals surface area (Å²) in [6.45, 7) is 13.1. The summed E-state index contributed by atoms with van der Waals surface area (Å²) in [5.74, 6) is 0. The van der Waals surface area contributed by atoms with Crippen molar-refractivity contribution in [3.05, 3.63) is 0 Å². The summed E-state index contributed by atoms with van der Waals surface area (Å²) in [5.41, 5.74) is -0.345. The van der Waals surface area contributed by atoms with Crippen LogP contribution < -0.4 is 5.32 Å². The van der Waals surface area contributed by atoms with Crippen LogP contribution in [0.25, 0.3) is 0 Å². The van der Waals surface area contributed by atoms with Gasteiger partial charge in [-0.05, 0) is 20.3 Å². The number of rotatable bonds is 2. The lowest BCUT2D eigenvalue weighted by molar-refractivity contribution is 0.00958. The highest BCUT2D eigenvalue weighted by molar-refractivity contribution is 5.68. The van der Waals surface area contributed by atoms with Gasteiger partial charge in [-0.3, -0.25) is 0 Å². The molecule has 1 saturated heterocycles. The van der Waals surface area contributed by atoms with Gasteiger partial charge in [-0.15, -0.1) is 0 Å². The molecule has 0 aromatic rings. The summed E-state index contributed by atoms with van der Waals surface area (Å²) < 4.78 is 5.39. The summed E-state index contributed by atoms with van der Waals surface area (Å²) in [5, 5.41) is 3.20. The predicted molar refractivity (Wildman–Crippen MR) is 66.6 cm³/mol. The molecule has 1 aliphatic rings. The van der Waals surface area contributed by atoms with Crippen molar-refractivity contribution in [3.63, 3.8) is 0 Å². The molecule has 4 nitrogen and oxygen atoms in total. The van der Waals surface area contributed by atoms with Crippen LogP contribution in [0.15, 0.2) is 0 Å². The third-order valence-electron chi connectivity index (χ3n) is 2.59. The first-order valence-electron chi connectivity index (χ1n) is 6.24. The minimum atomic E-state index is -0.345. The maximum Gasteiger partial charge on any atom is 0.410 e. The summed E-state index contributed by atoms with van der Waals surface area (Å²) >= 11 is 0. The fourth-order valence-corrected chi connectivity index (χ4v) is 1.22. The summed E-state index contributed by atoms with van der Waals surface area (Å²) in [6, 6.07) is 0. The Labute approximate surface area is 99.3 Å². The largest absolute Gasteiger partial charge is 0.443 e. The van der Waals surface area contributed by atoms with Crippen LogP contribution in [-0.2, 0) is 4.74 Å². The lowest BCUT2D eigenvalue weighted by Crippen LogP contribution is -2.48. The molecule has 0 atom stereocenters. The molecular weight excluding hydrogens is 204 g/mol. The van der Waals surface area contributed by atoms with E-state index < -0.39 is 0 Å². The monoisotopic (exact) mass is 230 g/mol. The molecule has 0 spiro atoms. The molecule has 0 radical (unpaired) electrons. The third-order valence-corrected chi connectivity index (χ3v) is 2.59. The van der Waals surface area contributed by atoms with Crippen molar-refractivity contribution < 1.29 is 9.53 Å². The van der Waals surface area contributed by atoms with E-state index in [1.807, 2.05) is 34.6 Å². The molecule has 0 aliphatic carbocycles. The van der Waals surface area contributed by atoms with Crippen LogP contribution >= 0.6 is 0 Å². The third kappa shape index (κ3) is 5.35. The molecule has 96 valence electrons. The lowest BCUT2D eigenvalue weighted by atomic mass is 10.1. The maximum absolute atomic E-state index is 11.6. The van der Waals surface area contributed by atoms with E-state index in [2.05, 4.69) is 5.32 Å². The van der Waals surface area contributed by atoms with Gasteiger partial charge in [-0.2, -0.15) is 0 Å². The number of carbonyl (C=O) groups excluding carboxylic acids is 1. The second-order valence-corrected chi connectivity index (χ2v) is 4.22. The molecule has 1 fully saturated rings. The van der Waals surface area contributed by atoms with Gasteiger partial charge in [0.25, 0.3) is 0 Å². The van der Waals surface area contributed by atoms with Crippen LogP contribution in [0, 0.1) is 0 Å². The van der Waals surface area contributed by atoms with Gasteiger partial charge in [0.1, 0.15) is 5.60 Å². The minimum Gasteiger partial charge on any atom is -0.443 e. The van der Waals surface area contributed by atoms with Gasteiger partial charge in [-0.1, -0.05) is 20.8 Å². The number of nitrogens with zero attached hydrogens (tertiary/aromatic N) is 1. The average molecular weight is 230 g/mol. The average Bonchev–Trinajstić information content (AvgIpc) is 2.32. The molecule has 1 aliphatic heterocycles. The Balaban J connectivity index is 0.00000106. The zero-order valence-electron chi connectivity index (χ0n) is 11.3. The van der Waals surface area contributed by atoms with Gasteiger partial charge >= 0.3 is 6.09 Å². The highest BCUT2D eigenvalue weighted by Gasteiger charge is 2.25. The van der Waals surface area contributed by atoms with Crippen LogP contribution in [0.4, 0.5) is 4.79 Å². The molecule has 0 saturated carbocycles. The predicted octanol–water partition coefficient (Wildman–Crippen LogP) is 2.24. The van der Waals surface area contributed by atoms with Crippen molar-refractivity contribution in [2.24, 2.45) is 0 Å². The van der Waals surface area contributed by atoms with Crippen LogP contribution in [0.2, 0.25) is 0 Å². The summed E-state index contributed by atoms with van der Waals surface area (Å²) in [7, 11) is 0. The van der Waals surface area contributed by atoms with Crippen molar-refractivity contribution in [3.8, 4) is 0 Å². The molecule has 16 heavy (non-hydrogen) atoms. The van der Waals surface area contributed by atoms with E-state index >= 15 is 0 Å². The fraction of sp³-hybridized carbons (Fsp3) is 0.917. The topological polar surface area (TPSA) is 41.6 Å². The number of nitrogens with one attached hydrogen (secondary N) is 1. The van der Waals surface area contributed by atoms with Crippen molar-refractivity contribution in [1.29, 1.82) is 0 Å². The molecule has 0 aromatic carbocycles. The Morgan fingerprint density at radius 1 is 1.31 bits per heavy atom. The van der Waals surface area contributed by atoms with Crippen molar-refractivity contribution in [2.75, 3.05) is 26.2 Å². The Kier molecular flexibility index (Phi) is 7.13. The number of hydrogen-bond donors (Lipinski definition) is 1. The van der Waals surface area contributed by atoms with E-state index in [1.54, 1.807) is 4.90 Å². The minimum absolute atomic E-state index is 0.182. The molecule has 1 heterocycles. The van der Waals surface area contributed by atoms with Crippen LogP contribution in [-0.4, -0.2) is 42.8 Å². The van der Waals surface area contributed by atoms with Crippen LogP contribution in [0.1, 0.15) is 41.0 Å². The van der Waals surface area contributed by atoms with E-state index in [0.29, 0.717) is 0 Å². The van der Waals surface area contributed by atoms with Crippen LogP contribution in [0.3, 0.4) is 0 Å². The lowest BCUT2D eigenvalue weighted by Gasteiger charge is -2.31. The highest BCUT2D eigenvalue weighted by atomic mass is 16.6. The standard InChI is InChI=1S/C10H20N2O2.C2H6/c1-4-10(2,3)14-9(13)12-7-5-11-6-8-12;1-2/h11H,4-8H2,1-3H3;1-2H3. The van der Waals surface area contributed by atoms with E-state index in [9.17, 15) is 4.79 Å². The van der Waals surface area contributed by atoms with Gasteiger partial charge in [0.05, 0.1) is 0 Å². The zero-order valence-corrected chi connectivity index (χ0v) is 11.3. The molecule has 1 amide bonds. The van der Waals surface area contributed by atoms with E-state index in [0.717, 1.165) is 32.6 Å². The van der Waals surface area contributed by atoms with E-state index in [4.69, 9.17) is 4.74 Å². The zero-order chi connectivity index (χ0) is 12.6. The smallest absolute Gasteiger partial charge is 0.410 e. The molecule has 1 N–H and O–H groups in total. The fourth-order valence-electron chi connectivity index (χ4n) is 1.22. The Morgan fingerprint density at radius 3 is 2.25 bits per heavy atom. The Bertz CT molecular complexity index is 199. The second-order valence-electron chi connectivity index (χ2n) is 4.22. The maximum atomic E-state index is 11.6. The van der Waals surface area contributed by atoms with Crippen LogP contribution in [0.5, 0.6) is 0 Å². The molecular formula is C12H26N2O2. The first-order valence-corrected chi connectivity index (χ1v) is 6.24. The summed E-state index contributed by atoms with van der Waals surface area (Å²) in [4.78, 5) is 13.4. The SMILES string of the molecule is CC.CCC(C)(C)OC(=O)N1CCNCC1. The highest BCUT2D eigenvalue weighted by Crippen LogP contribution is 2.15. The van der Waals surface area contributed by atoms with Crippen molar-refractivity contribution >= 4 is 6.09 Å².